The van der Waals surface area contributed by atoms with E-state index in [9.17, 15) is 18.7 Å². The van der Waals surface area contributed by atoms with Crippen LogP contribution in [0, 0.1) is 13.8 Å². The van der Waals surface area contributed by atoms with E-state index in [1.165, 1.54) is 35.9 Å². The molecule has 3 aromatic rings. The predicted molar refractivity (Wildman–Crippen MR) is 123 cm³/mol. The molecule has 0 fully saturated rings. The second kappa shape index (κ2) is 9.84. The summed E-state index contributed by atoms with van der Waals surface area (Å²) in [5, 5.41) is 13.7. The number of ether oxygens (including phenoxy) is 1. The van der Waals surface area contributed by atoms with E-state index in [0.29, 0.717) is 18.1 Å². The van der Waals surface area contributed by atoms with Gasteiger partial charge in [-0.25, -0.2) is 18.0 Å². The molecule has 1 atom stereocenters. The SMILES string of the molecule is CCn1c(CO)nn(-c2cc(O[C@@H](C)C(C)(F)F)c(/C(F)=C/c3cnccc3C)cc2C)c1=O. The van der Waals surface area contributed by atoms with E-state index in [0.717, 1.165) is 10.2 Å². The molecule has 0 saturated heterocycles. The fourth-order valence-corrected chi connectivity index (χ4v) is 3.35. The summed E-state index contributed by atoms with van der Waals surface area (Å²) in [6.07, 6.45) is 2.75. The number of nitrogens with zero attached hydrogens (tertiary/aromatic N) is 4. The summed E-state index contributed by atoms with van der Waals surface area (Å²) in [5.74, 6) is -3.94. The molecule has 0 amide bonds. The number of rotatable bonds is 8. The Labute approximate surface area is 195 Å². The van der Waals surface area contributed by atoms with Crippen LogP contribution in [-0.4, -0.2) is 36.5 Å². The molecule has 182 valence electrons. The number of aliphatic hydroxyl groups is 1. The molecule has 0 aliphatic carbocycles. The van der Waals surface area contributed by atoms with Gasteiger partial charge in [0.15, 0.2) is 11.9 Å². The molecule has 0 spiro atoms. The molecule has 7 nitrogen and oxygen atoms in total. The van der Waals surface area contributed by atoms with Crippen molar-refractivity contribution in [2.24, 2.45) is 0 Å². The predicted octanol–water partition coefficient (Wildman–Crippen LogP) is 4.45. The van der Waals surface area contributed by atoms with E-state index >= 15 is 4.39 Å². The van der Waals surface area contributed by atoms with Crippen molar-refractivity contribution in [2.45, 2.75) is 59.8 Å². The summed E-state index contributed by atoms with van der Waals surface area (Å²) in [4.78, 5) is 16.8. The lowest BCUT2D eigenvalue weighted by atomic mass is 10.0. The molecule has 2 heterocycles. The Morgan fingerprint density at radius 1 is 1.29 bits per heavy atom. The van der Waals surface area contributed by atoms with Gasteiger partial charge >= 0.3 is 5.69 Å². The van der Waals surface area contributed by atoms with Crippen LogP contribution < -0.4 is 10.4 Å². The minimum atomic E-state index is -3.20. The Morgan fingerprint density at radius 2 is 2.00 bits per heavy atom. The lowest BCUT2D eigenvalue weighted by molar-refractivity contribution is -0.0719. The zero-order chi connectivity index (χ0) is 25.2. The van der Waals surface area contributed by atoms with Gasteiger partial charge in [-0.15, -0.1) is 5.10 Å². The number of aryl methyl sites for hydroxylation is 2. The van der Waals surface area contributed by atoms with Gasteiger partial charge in [0.05, 0.1) is 11.3 Å². The molecule has 0 saturated carbocycles. The average Bonchev–Trinajstić information content (AvgIpc) is 3.10. The van der Waals surface area contributed by atoms with Crippen LogP contribution in [0.5, 0.6) is 5.75 Å². The summed E-state index contributed by atoms with van der Waals surface area (Å²) < 4.78 is 51.1. The van der Waals surface area contributed by atoms with Crippen LogP contribution in [0.4, 0.5) is 13.2 Å². The first kappa shape index (κ1) is 25.2. The van der Waals surface area contributed by atoms with Crippen molar-refractivity contribution < 1.29 is 23.0 Å². The first-order valence-electron chi connectivity index (χ1n) is 10.7. The Morgan fingerprint density at radius 3 is 2.56 bits per heavy atom. The Balaban J connectivity index is 2.21. The zero-order valence-corrected chi connectivity index (χ0v) is 19.6. The summed E-state index contributed by atoms with van der Waals surface area (Å²) in [6.45, 7) is 6.85. The number of hydrogen-bond donors (Lipinski definition) is 1. The second-order valence-electron chi connectivity index (χ2n) is 8.09. The Hall–Kier alpha value is -3.40. The highest BCUT2D eigenvalue weighted by atomic mass is 19.3. The van der Waals surface area contributed by atoms with E-state index in [1.807, 2.05) is 0 Å². The van der Waals surface area contributed by atoms with E-state index in [2.05, 4.69) is 10.1 Å². The molecule has 0 radical (unpaired) electrons. The number of halogens is 3. The van der Waals surface area contributed by atoms with Crippen LogP contribution in [0.25, 0.3) is 17.6 Å². The smallest absolute Gasteiger partial charge is 0.350 e. The molecule has 2 aromatic heterocycles. The van der Waals surface area contributed by atoms with Crippen LogP contribution in [-0.2, 0) is 13.2 Å². The average molecular weight is 476 g/mol. The molecule has 10 heteroatoms. The van der Waals surface area contributed by atoms with E-state index in [-0.39, 0.29) is 29.4 Å². The van der Waals surface area contributed by atoms with Gasteiger partial charge in [-0.3, -0.25) is 9.55 Å². The number of benzene rings is 1. The molecular formula is C24H27F3N4O3. The van der Waals surface area contributed by atoms with E-state index in [1.54, 1.807) is 33.0 Å². The van der Waals surface area contributed by atoms with Gasteiger partial charge in [0.25, 0.3) is 5.92 Å². The highest BCUT2D eigenvalue weighted by Crippen LogP contribution is 2.35. The third-order valence-corrected chi connectivity index (χ3v) is 5.56. The normalized spacial score (nSPS) is 13.3. The lowest BCUT2D eigenvalue weighted by Crippen LogP contribution is -2.32. The van der Waals surface area contributed by atoms with E-state index in [4.69, 9.17) is 4.74 Å². The molecule has 0 aliphatic heterocycles. The monoisotopic (exact) mass is 476 g/mol. The minimum absolute atomic E-state index is 0.0500. The van der Waals surface area contributed by atoms with Gasteiger partial charge in [-0.05, 0) is 62.6 Å². The third-order valence-electron chi connectivity index (χ3n) is 5.56. The molecule has 0 unspecified atom stereocenters. The second-order valence-corrected chi connectivity index (χ2v) is 8.09. The van der Waals surface area contributed by atoms with E-state index < -0.39 is 30.1 Å². The van der Waals surface area contributed by atoms with Gasteiger partial charge in [0, 0.05) is 31.9 Å². The van der Waals surface area contributed by atoms with Gasteiger partial charge in [0.2, 0.25) is 0 Å². The molecule has 0 aliphatic rings. The van der Waals surface area contributed by atoms with Gasteiger partial charge < -0.3 is 9.84 Å². The highest BCUT2D eigenvalue weighted by molar-refractivity contribution is 5.81. The van der Waals surface area contributed by atoms with Crippen molar-refractivity contribution in [1.29, 1.82) is 0 Å². The lowest BCUT2D eigenvalue weighted by Gasteiger charge is -2.23. The molecule has 1 aromatic carbocycles. The van der Waals surface area contributed by atoms with Gasteiger partial charge in [0.1, 0.15) is 18.2 Å². The maximum atomic E-state index is 15.4. The van der Waals surface area contributed by atoms with Crippen LogP contribution in [0.2, 0.25) is 0 Å². The van der Waals surface area contributed by atoms with Crippen molar-refractivity contribution in [3.8, 4) is 11.4 Å². The maximum Gasteiger partial charge on any atom is 0.350 e. The number of aromatic nitrogens is 4. The Bertz CT molecular complexity index is 1280. The fourth-order valence-electron chi connectivity index (χ4n) is 3.35. The quantitative estimate of drug-likeness (QED) is 0.520. The molecule has 1 N–H and O–H groups in total. The van der Waals surface area contributed by atoms with Gasteiger partial charge in [-0.2, -0.15) is 4.68 Å². The number of pyridine rings is 1. The van der Waals surface area contributed by atoms with Crippen molar-refractivity contribution in [2.75, 3.05) is 0 Å². The molecule has 0 bridgehead atoms. The molecule has 34 heavy (non-hydrogen) atoms. The first-order valence-corrected chi connectivity index (χ1v) is 10.7. The minimum Gasteiger partial charge on any atom is -0.484 e. The molecular weight excluding hydrogens is 449 g/mol. The van der Waals surface area contributed by atoms with Crippen LogP contribution in [0.15, 0.2) is 35.4 Å². The van der Waals surface area contributed by atoms with Crippen molar-refractivity contribution in [3.63, 3.8) is 0 Å². The largest absolute Gasteiger partial charge is 0.484 e. The number of aliphatic hydroxyl groups excluding tert-OH is 1. The molecule has 3 rings (SSSR count). The van der Waals surface area contributed by atoms with Crippen LogP contribution in [0.3, 0.4) is 0 Å². The maximum absolute atomic E-state index is 15.4. The topological polar surface area (TPSA) is 82.2 Å². The summed E-state index contributed by atoms with van der Waals surface area (Å²) in [7, 11) is 0. The third kappa shape index (κ3) is 5.06. The highest BCUT2D eigenvalue weighted by Gasteiger charge is 2.33. The summed E-state index contributed by atoms with van der Waals surface area (Å²) in [6, 6.07) is 4.45. The van der Waals surface area contributed by atoms with Crippen LogP contribution >= 0.6 is 0 Å². The summed E-state index contributed by atoms with van der Waals surface area (Å²) in [5.41, 5.74) is 1.41. The van der Waals surface area contributed by atoms with Gasteiger partial charge in [-0.1, -0.05) is 0 Å². The van der Waals surface area contributed by atoms with Crippen molar-refractivity contribution >= 4 is 11.9 Å². The fraction of sp³-hybridized carbons (Fsp3) is 0.375. The standard InChI is InChI=1S/C24H27F3N4O3/c1-6-30-22(13-32)29-31(23(30)33)20-11-21(34-16(4)24(5,26)27)18(9-15(20)3)19(25)10-17-12-28-8-7-14(17)2/h7-12,16,32H,6,13H2,1-5H3/b19-10-/t16-/m0/s1. The van der Waals surface area contributed by atoms with Crippen LogP contribution in [0.1, 0.15) is 48.8 Å². The number of alkyl halides is 2. The Kier molecular flexibility index (Phi) is 7.30. The van der Waals surface area contributed by atoms with Crippen molar-refractivity contribution in [3.05, 3.63) is 69.2 Å². The zero-order valence-electron chi connectivity index (χ0n) is 19.6. The number of hydrogen-bond acceptors (Lipinski definition) is 5. The summed E-state index contributed by atoms with van der Waals surface area (Å²) >= 11 is 0. The van der Waals surface area contributed by atoms with Crippen molar-refractivity contribution in [1.82, 2.24) is 19.3 Å². The first-order chi connectivity index (χ1) is 16.0.